The molecule has 1 aliphatic heterocycles. The van der Waals surface area contributed by atoms with E-state index in [9.17, 15) is 5.11 Å². The maximum atomic E-state index is 9.90. The summed E-state index contributed by atoms with van der Waals surface area (Å²) in [6.07, 6.45) is 6.88. The summed E-state index contributed by atoms with van der Waals surface area (Å²) in [5.74, 6) is 0. The van der Waals surface area contributed by atoms with Crippen LogP contribution in [0.25, 0.3) is 0 Å². The quantitative estimate of drug-likeness (QED) is 0.881. The van der Waals surface area contributed by atoms with E-state index in [4.69, 9.17) is 0 Å². The second kappa shape index (κ2) is 5.02. The number of piperidine rings is 1. The molecule has 0 aromatic heterocycles. The summed E-state index contributed by atoms with van der Waals surface area (Å²) >= 11 is 0. The summed E-state index contributed by atoms with van der Waals surface area (Å²) in [6.45, 7) is 3.59. The molecule has 0 unspecified atom stereocenters. The zero-order valence-corrected chi connectivity index (χ0v) is 11.1. The van der Waals surface area contributed by atoms with E-state index in [1.807, 2.05) is 0 Å². The molecule has 1 aliphatic carbocycles. The van der Waals surface area contributed by atoms with Crippen molar-refractivity contribution < 1.29 is 5.11 Å². The molecular weight excluding hydrogens is 222 g/mol. The minimum absolute atomic E-state index is 0.367. The number of likely N-dealkylation sites (tertiary alicyclic amines) is 1. The average molecular weight is 245 g/mol. The van der Waals surface area contributed by atoms with Gasteiger partial charge >= 0.3 is 0 Å². The molecule has 2 fully saturated rings. The lowest BCUT2D eigenvalue weighted by molar-refractivity contribution is 0.151. The summed E-state index contributed by atoms with van der Waals surface area (Å²) in [5.41, 5.74) is 2.31. The number of hydrogen-bond acceptors (Lipinski definition) is 2. The van der Waals surface area contributed by atoms with Crippen molar-refractivity contribution in [3.8, 4) is 0 Å². The number of rotatable bonds is 4. The van der Waals surface area contributed by atoms with E-state index in [0.717, 1.165) is 25.8 Å². The van der Waals surface area contributed by atoms with Gasteiger partial charge < -0.3 is 5.11 Å². The van der Waals surface area contributed by atoms with Crippen molar-refractivity contribution in [1.82, 2.24) is 4.90 Å². The summed E-state index contributed by atoms with van der Waals surface area (Å²) in [4.78, 5) is 2.55. The van der Waals surface area contributed by atoms with Crippen molar-refractivity contribution in [3.05, 3.63) is 35.4 Å². The Bertz CT molecular complexity index is 388. The fourth-order valence-corrected chi connectivity index (χ4v) is 2.84. The maximum absolute atomic E-state index is 9.90. The molecule has 0 spiro atoms. The largest absolute Gasteiger partial charge is 0.390 e. The van der Waals surface area contributed by atoms with Crippen LogP contribution in [0.2, 0.25) is 0 Å². The van der Waals surface area contributed by atoms with Gasteiger partial charge in [0.15, 0.2) is 0 Å². The molecule has 0 bridgehead atoms. The van der Waals surface area contributed by atoms with Crippen LogP contribution in [0.1, 0.15) is 43.2 Å². The third-order valence-electron chi connectivity index (χ3n) is 4.24. The Morgan fingerprint density at radius 3 is 2.17 bits per heavy atom. The second-order valence-electron chi connectivity index (χ2n) is 6.05. The van der Waals surface area contributed by atoms with E-state index >= 15 is 0 Å². The van der Waals surface area contributed by atoms with Crippen LogP contribution in [0.4, 0.5) is 0 Å². The molecule has 2 nitrogen and oxygen atoms in total. The minimum Gasteiger partial charge on any atom is -0.390 e. The van der Waals surface area contributed by atoms with Gasteiger partial charge in [0.2, 0.25) is 0 Å². The lowest BCUT2D eigenvalue weighted by Crippen LogP contribution is -2.29. The van der Waals surface area contributed by atoms with Gasteiger partial charge in [-0.3, -0.25) is 4.90 Å². The van der Waals surface area contributed by atoms with Crippen molar-refractivity contribution in [2.45, 2.75) is 50.7 Å². The lowest BCUT2D eigenvalue weighted by Gasteiger charge is -2.26. The standard InChI is InChI=1S/C16H23NO/c18-16(8-9-16)12-14-4-6-15(7-5-14)13-17-10-2-1-3-11-17/h4-7,18H,1-3,8-13H2. The van der Waals surface area contributed by atoms with Gasteiger partial charge in [-0.15, -0.1) is 0 Å². The molecule has 98 valence electrons. The SMILES string of the molecule is OC1(Cc2ccc(CN3CCCCC3)cc2)CC1. The molecule has 1 saturated heterocycles. The van der Waals surface area contributed by atoms with Crippen LogP contribution in [0.5, 0.6) is 0 Å². The monoisotopic (exact) mass is 245 g/mol. The van der Waals surface area contributed by atoms with Crippen molar-refractivity contribution in [1.29, 1.82) is 0 Å². The van der Waals surface area contributed by atoms with Crippen LogP contribution in [0, 0.1) is 0 Å². The predicted octanol–water partition coefficient (Wildman–Crippen LogP) is 2.74. The molecule has 0 amide bonds. The average Bonchev–Trinajstić information content (AvgIpc) is 3.11. The molecule has 2 aliphatic rings. The number of hydrogen-bond donors (Lipinski definition) is 1. The van der Waals surface area contributed by atoms with Crippen molar-refractivity contribution >= 4 is 0 Å². The molecule has 1 saturated carbocycles. The lowest BCUT2D eigenvalue weighted by atomic mass is 10.0. The molecule has 1 aromatic rings. The van der Waals surface area contributed by atoms with Crippen LogP contribution in [0.15, 0.2) is 24.3 Å². The molecule has 1 N–H and O–H groups in total. The Hall–Kier alpha value is -0.860. The fraction of sp³-hybridized carbons (Fsp3) is 0.625. The van der Waals surface area contributed by atoms with Crippen LogP contribution >= 0.6 is 0 Å². The predicted molar refractivity (Wildman–Crippen MR) is 73.5 cm³/mol. The van der Waals surface area contributed by atoms with Crippen LogP contribution in [0.3, 0.4) is 0 Å². The Morgan fingerprint density at radius 2 is 1.56 bits per heavy atom. The van der Waals surface area contributed by atoms with Gasteiger partial charge in [-0.25, -0.2) is 0 Å². The molecular formula is C16H23NO. The van der Waals surface area contributed by atoms with E-state index in [0.29, 0.717) is 0 Å². The molecule has 1 heterocycles. The van der Waals surface area contributed by atoms with E-state index < -0.39 is 0 Å². The zero-order chi connectivity index (χ0) is 12.4. The van der Waals surface area contributed by atoms with Gasteiger partial charge in [-0.1, -0.05) is 30.7 Å². The Labute approximate surface area is 110 Å². The van der Waals surface area contributed by atoms with Crippen LogP contribution < -0.4 is 0 Å². The Kier molecular flexibility index (Phi) is 3.40. The molecule has 3 rings (SSSR count). The minimum atomic E-state index is -0.367. The molecule has 2 heteroatoms. The summed E-state index contributed by atoms with van der Waals surface area (Å²) in [7, 11) is 0. The smallest absolute Gasteiger partial charge is 0.0690 e. The maximum Gasteiger partial charge on any atom is 0.0690 e. The van der Waals surface area contributed by atoms with Gasteiger partial charge in [0.05, 0.1) is 5.60 Å². The number of benzene rings is 1. The van der Waals surface area contributed by atoms with Crippen molar-refractivity contribution in [3.63, 3.8) is 0 Å². The van der Waals surface area contributed by atoms with E-state index in [-0.39, 0.29) is 5.60 Å². The van der Waals surface area contributed by atoms with E-state index in [1.54, 1.807) is 0 Å². The third kappa shape index (κ3) is 3.12. The molecule has 0 radical (unpaired) electrons. The van der Waals surface area contributed by atoms with Crippen LogP contribution in [-0.2, 0) is 13.0 Å². The zero-order valence-electron chi connectivity index (χ0n) is 11.1. The van der Waals surface area contributed by atoms with Crippen molar-refractivity contribution in [2.24, 2.45) is 0 Å². The van der Waals surface area contributed by atoms with Gasteiger partial charge in [0.1, 0.15) is 0 Å². The highest BCUT2D eigenvalue weighted by Crippen LogP contribution is 2.38. The first-order valence-electron chi connectivity index (χ1n) is 7.26. The normalized spacial score (nSPS) is 22.9. The number of aliphatic hydroxyl groups is 1. The molecule has 18 heavy (non-hydrogen) atoms. The van der Waals surface area contributed by atoms with E-state index in [2.05, 4.69) is 29.2 Å². The summed E-state index contributed by atoms with van der Waals surface area (Å²) < 4.78 is 0. The Morgan fingerprint density at radius 1 is 0.944 bits per heavy atom. The van der Waals surface area contributed by atoms with Crippen LogP contribution in [-0.4, -0.2) is 28.7 Å². The molecule has 1 aromatic carbocycles. The fourth-order valence-electron chi connectivity index (χ4n) is 2.84. The third-order valence-corrected chi connectivity index (χ3v) is 4.24. The second-order valence-corrected chi connectivity index (χ2v) is 6.05. The highest BCUT2D eigenvalue weighted by atomic mass is 16.3. The van der Waals surface area contributed by atoms with Gasteiger partial charge in [0, 0.05) is 13.0 Å². The topological polar surface area (TPSA) is 23.5 Å². The first kappa shape index (κ1) is 12.2. The molecule has 0 atom stereocenters. The Balaban J connectivity index is 1.56. The summed E-state index contributed by atoms with van der Waals surface area (Å²) in [6, 6.07) is 8.84. The van der Waals surface area contributed by atoms with Gasteiger partial charge in [-0.05, 0) is 49.9 Å². The first-order valence-corrected chi connectivity index (χ1v) is 7.26. The summed E-state index contributed by atoms with van der Waals surface area (Å²) in [5, 5.41) is 9.90. The van der Waals surface area contributed by atoms with Crippen molar-refractivity contribution in [2.75, 3.05) is 13.1 Å². The van der Waals surface area contributed by atoms with E-state index in [1.165, 1.54) is 43.5 Å². The first-order chi connectivity index (χ1) is 8.73. The number of nitrogens with zero attached hydrogens (tertiary/aromatic N) is 1. The highest BCUT2D eigenvalue weighted by Gasteiger charge is 2.39. The highest BCUT2D eigenvalue weighted by molar-refractivity contribution is 5.25. The van der Waals surface area contributed by atoms with Gasteiger partial charge in [0.25, 0.3) is 0 Å². The van der Waals surface area contributed by atoms with Gasteiger partial charge in [-0.2, -0.15) is 0 Å².